The fourth-order valence-electron chi connectivity index (χ4n) is 3.17. The molecule has 0 aliphatic carbocycles. The molecule has 0 aromatic heterocycles. The minimum atomic E-state index is -4.70. The van der Waals surface area contributed by atoms with E-state index in [4.69, 9.17) is 33.6 Å². The normalized spacial score (nSPS) is 26.0. The molecule has 1 saturated heterocycles. The van der Waals surface area contributed by atoms with Crippen molar-refractivity contribution in [1.82, 2.24) is 0 Å². The number of ether oxygens (including phenoxy) is 2. The largest absolute Gasteiger partial charge is 0.524 e. The van der Waals surface area contributed by atoms with E-state index in [2.05, 4.69) is 20.8 Å². The molecule has 1 aromatic carbocycles. The molecule has 0 bridgehead atoms. The summed E-state index contributed by atoms with van der Waals surface area (Å²) in [5.41, 5.74) is -0.988. The second-order valence-corrected chi connectivity index (χ2v) is 10.4. The molecule has 0 spiro atoms. The van der Waals surface area contributed by atoms with E-state index in [0.29, 0.717) is 12.2 Å². The highest BCUT2D eigenvalue weighted by molar-refractivity contribution is 7.46. The van der Waals surface area contributed by atoms with Gasteiger partial charge in [0.2, 0.25) is 0 Å². The molecule has 28 heavy (non-hydrogen) atoms. The smallest absolute Gasteiger partial charge is 0.404 e. The van der Waals surface area contributed by atoms with Crippen molar-refractivity contribution >= 4 is 7.82 Å². The van der Waals surface area contributed by atoms with Crippen molar-refractivity contribution in [3.05, 3.63) is 29.8 Å². The Kier molecular flexibility index (Phi) is 6.39. The predicted molar refractivity (Wildman–Crippen MR) is 102 cm³/mol. The van der Waals surface area contributed by atoms with Gasteiger partial charge in [-0.1, -0.05) is 53.7 Å². The van der Waals surface area contributed by atoms with Gasteiger partial charge in [0.15, 0.2) is 5.60 Å². The van der Waals surface area contributed by atoms with Crippen LogP contribution in [0.25, 0.3) is 0 Å². The Morgan fingerprint density at radius 3 is 2.18 bits per heavy atom. The van der Waals surface area contributed by atoms with Crippen molar-refractivity contribution in [3.8, 4) is 5.75 Å². The van der Waals surface area contributed by atoms with Crippen LogP contribution in [0, 0.1) is 10.8 Å². The summed E-state index contributed by atoms with van der Waals surface area (Å²) in [5, 5.41) is 0. The van der Waals surface area contributed by atoms with Crippen LogP contribution in [0.1, 0.15) is 47.1 Å². The molecule has 1 fully saturated rings. The predicted octanol–water partition coefficient (Wildman–Crippen LogP) is 3.77. The molecular formula is C19H31O8P. The molecule has 1 aliphatic heterocycles. The highest BCUT2D eigenvalue weighted by atomic mass is 31.2. The summed E-state index contributed by atoms with van der Waals surface area (Å²) in [6.45, 7) is 12.9. The highest BCUT2D eigenvalue weighted by Gasteiger charge is 2.72. The Balaban J connectivity index is 2.43. The first kappa shape index (κ1) is 23.3. The second-order valence-electron chi connectivity index (χ2n) is 9.23. The molecule has 1 aliphatic rings. The summed E-state index contributed by atoms with van der Waals surface area (Å²) in [4.78, 5) is 29.4. The van der Waals surface area contributed by atoms with Crippen LogP contribution in [0.4, 0.5) is 0 Å². The number of methoxy groups -OCH3 is 1. The molecular weight excluding hydrogens is 387 g/mol. The van der Waals surface area contributed by atoms with Crippen LogP contribution in [0.15, 0.2) is 24.3 Å². The Hall–Kier alpha value is -0.990. The van der Waals surface area contributed by atoms with Crippen LogP contribution in [-0.4, -0.2) is 35.7 Å². The molecule has 9 heteroatoms. The topological polar surface area (TPSA) is 104 Å². The van der Waals surface area contributed by atoms with E-state index in [1.807, 2.05) is 20.8 Å². The molecule has 0 radical (unpaired) electrons. The molecule has 2 rings (SSSR count). The fourth-order valence-corrected chi connectivity index (χ4v) is 3.55. The van der Waals surface area contributed by atoms with Crippen LogP contribution in [0.3, 0.4) is 0 Å². The van der Waals surface area contributed by atoms with Crippen LogP contribution in [-0.2, 0) is 29.6 Å². The standard InChI is InChI=1S/C19H31O8P/c1-16(2,3)12-24-13-18(17(4,5)6)19(23-7,27-26-18)14-9-8-10-15(11-14)25-28(20,21)22/h8-11H,12-13H2,1-7H3,(H2,20,21,22). The van der Waals surface area contributed by atoms with Crippen molar-refractivity contribution in [2.75, 3.05) is 20.3 Å². The van der Waals surface area contributed by atoms with Gasteiger partial charge in [-0.15, -0.1) is 0 Å². The molecule has 0 amide bonds. The van der Waals surface area contributed by atoms with Crippen molar-refractivity contribution in [2.45, 2.75) is 52.9 Å². The lowest BCUT2D eigenvalue weighted by molar-refractivity contribution is -0.638. The fraction of sp³-hybridized carbons (Fsp3) is 0.684. The van der Waals surface area contributed by atoms with Gasteiger partial charge < -0.3 is 14.0 Å². The third kappa shape index (κ3) is 4.60. The third-order valence-electron chi connectivity index (χ3n) is 4.61. The number of benzene rings is 1. The number of rotatable bonds is 7. The van der Waals surface area contributed by atoms with E-state index in [1.54, 1.807) is 12.1 Å². The summed E-state index contributed by atoms with van der Waals surface area (Å²) >= 11 is 0. The van der Waals surface area contributed by atoms with Crippen molar-refractivity contribution < 1.29 is 38.1 Å². The van der Waals surface area contributed by atoms with E-state index < -0.39 is 24.6 Å². The molecule has 1 heterocycles. The third-order valence-corrected chi connectivity index (χ3v) is 5.06. The maximum Gasteiger partial charge on any atom is 0.524 e. The average Bonchev–Trinajstić information content (AvgIpc) is 2.48. The summed E-state index contributed by atoms with van der Waals surface area (Å²) in [6, 6.07) is 6.24. The van der Waals surface area contributed by atoms with Gasteiger partial charge in [-0.05, 0) is 17.5 Å². The van der Waals surface area contributed by atoms with E-state index in [9.17, 15) is 4.57 Å². The monoisotopic (exact) mass is 418 g/mol. The summed E-state index contributed by atoms with van der Waals surface area (Å²) in [6.07, 6.45) is 0. The quantitative estimate of drug-likeness (QED) is 0.510. The van der Waals surface area contributed by atoms with Gasteiger partial charge in [0.25, 0.3) is 5.79 Å². The Morgan fingerprint density at radius 1 is 1.11 bits per heavy atom. The molecule has 8 nitrogen and oxygen atoms in total. The minimum Gasteiger partial charge on any atom is -0.404 e. The maximum absolute atomic E-state index is 11.2. The summed E-state index contributed by atoms with van der Waals surface area (Å²) in [5.74, 6) is -1.34. The van der Waals surface area contributed by atoms with Gasteiger partial charge in [-0.25, -0.2) is 9.45 Å². The van der Waals surface area contributed by atoms with Crippen LogP contribution >= 0.6 is 7.82 Å². The second kappa shape index (κ2) is 7.69. The zero-order chi connectivity index (χ0) is 21.4. The average molecular weight is 418 g/mol. The molecule has 2 atom stereocenters. The molecule has 160 valence electrons. The van der Waals surface area contributed by atoms with Gasteiger partial charge in [0.05, 0.1) is 13.2 Å². The van der Waals surface area contributed by atoms with E-state index >= 15 is 0 Å². The van der Waals surface area contributed by atoms with E-state index in [1.165, 1.54) is 19.2 Å². The Morgan fingerprint density at radius 2 is 1.75 bits per heavy atom. The van der Waals surface area contributed by atoms with Gasteiger partial charge in [-0.3, -0.25) is 9.79 Å². The first-order chi connectivity index (χ1) is 12.7. The number of phosphoric acid groups is 1. The van der Waals surface area contributed by atoms with Crippen molar-refractivity contribution in [2.24, 2.45) is 10.8 Å². The summed E-state index contributed by atoms with van der Waals surface area (Å²) in [7, 11) is -3.21. The molecule has 2 N–H and O–H groups in total. The summed E-state index contributed by atoms with van der Waals surface area (Å²) < 4.78 is 27.7. The maximum atomic E-state index is 11.2. The van der Waals surface area contributed by atoms with Gasteiger partial charge in [0.1, 0.15) is 5.75 Å². The SMILES string of the molecule is COC1(c2cccc(OP(=O)(O)O)c2)OOC1(COCC(C)(C)C)C(C)(C)C. The van der Waals surface area contributed by atoms with Gasteiger partial charge >= 0.3 is 7.82 Å². The highest BCUT2D eigenvalue weighted by Crippen LogP contribution is 2.58. The number of hydrogen-bond acceptors (Lipinski definition) is 6. The number of phosphoric ester groups is 1. The number of hydrogen-bond donors (Lipinski definition) is 2. The van der Waals surface area contributed by atoms with Crippen molar-refractivity contribution in [1.29, 1.82) is 0 Å². The minimum absolute atomic E-state index is 0.00354. The Labute approximate surface area is 166 Å². The van der Waals surface area contributed by atoms with Gasteiger partial charge in [-0.2, -0.15) is 4.89 Å². The van der Waals surface area contributed by atoms with E-state index in [0.717, 1.165) is 0 Å². The zero-order valence-electron chi connectivity index (χ0n) is 17.5. The van der Waals surface area contributed by atoms with E-state index in [-0.39, 0.29) is 17.8 Å². The molecule has 1 aromatic rings. The lowest BCUT2D eigenvalue weighted by Gasteiger charge is -2.60. The van der Waals surface area contributed by atoms with Gasteiger partial charge in [0, 0.05) is 18.1 Å². The zero-order valence-corrected chi connectivity index (χ0v) is 18.4. The first-order valence-electron chi connectivity index (χ1n) is 9.01. The van der Waals surface area contributed by atoms with Crippen molar-refractivity contribution in [3.63, 3.8) is 0 Å². The van der Waals surface area contributed by atoms with Crippen LogP contribution in [0.5, 0.6) is 5.75 Å². The Bertz CT molecular complexity index is 728. The molecule has 0 saturated carbocycles. The first-order valence-corrected chi connectivity index (χ1v) is 10.5. The lowest BCUT2D eigenvalue weighted by Crippen LogP contribution is -2.73. The van der Waals surface area contributed by atoms with Crippen LogP contribution < -0.4 is 4.52 Å². The van der Waals surface area contributed by atoms with Crippen LogP contribution in [0.2, 0.25) is 0 Å². The lowest BCUT2D eigenvalue weighted by atomic mass is 9.68. The molecule has 2 unspecified atom stereocenters.